The zero-order chi connectivity index (χ0) is 7.84. The van der Waals surface area contributed by atoms with Gasteiger partial charge in [-0.2, -0.15) is 0 Å². The molecule has 2 bridgehead atoms. The molecule has 2 aliphatic rings. The van der Waals surface area contributed by atoms with Crippen LogP contribution < -0.4 is 5.32 Å². The number of carbonyl (C=O) groups excluding carboxylic acids is 1. The molecule has 0 aliphatic carbocycles. The molecule has 2 saturated heterocycles. The highest BCUT2D eigenvalue weighted by atomic mass is 16.2. The minimum Gasteiger partial charge on any atom is -0.341 e. The molecule has 2 fully saturated rings. The van der Waals surface area contributed by atoms with E-state index in [0.29, 0.717) is 6.04 Å². The Morgan fingerprint density at radius 3 is 3.00 bits per heavy atom. The summed E-state index contributed by atoms with van der Waals surface area (Å²) >= 11 is 0. The Kier molecular flexibility index (Phi) is 1.60. The SMILES string of the molecule is CC(=O)N1C[C@@H]2CN[C@@H](C2)C1. The van der Waals surface area contributed by atoms with Crippen molar-refractivity contribution in [2.75, 3.05) is 19.6 Å². The summed E-state index contributed by atoms with van der Waals surface area (Å²) in [5.74, 6) is 0.945. The van der Waals surface area contributed by atoms with Gasteiger partial charge < -0.3 is 10.2 Å². The van der Waals surface area contributed by atoms with Crippen molar-refractivity contribution in [2.45, 2.75) is 19.4 Å². The quantitative estimate of drug-likeness (QED) is 0.525. The van der Waals surface area contributed by atoms with Crippen LogP contribution in [0.3, 0.4) is 0 Å². The molecule has 0 aromatic rings. The maximum atomic E-state index is 11.0. The number of carbonyl (C=O) groups is 1. The van der Waals surface area contributed by atoms with E-state index in [1.54, 1.807) is 6.92 Å². The number of rotatable bonds is 0. The van der Waals surface area contributed by atoms with E-state index in [1.165, 1.54) is 6.42 Å². The number of hydrogen-bond donors (Lipinski definition) is 1. The Morgan fingerprint density at radius 1 is 1.55 bits per heavy atom. The van der Waals surface area contributed by atoms with Gasteiger partial charge in [-0.05, 0) is 12.3 Å². The van der Waals surface area contributed by atoms with E-state index in [9.17, 15) is 4.79 Å². The third-order valence-electron chi connectivity index (χ3n) is 2.68. The number of amides is 1. The first-order valence-corrected chi connectivity index (χ1v) is 4.24. The Bertz CT molecular complexity index is 169. The van der Waals surface area contributed by atoms with E-state index in [4.69, 9.17) is 0 Å². The molecule has 1 amide bonds. The summed E-state index contributed by atoms with van der Waals surface area (Å²) in [4.78, 5) is 13.0. The number of hydrogen-bond acceptors (Lipinski definition) is 2. The standard InChI is InChI=1S/C8H14N2O/c1-6(11)10-4-7-2-8(5-10)9-3-7/h7-9H,2-5H2,1H3/t7-,8-/m0/s1. The van der Waals surface area contributed by atoms with Crippen LogP contribution in [0.5, 0.6) is 0 Å². The molecule has 2 atom stereocenters. The van der Waals surface area contributed by atoms with Gasteiger partial charge in [-0.3, -0.25) is 4.79 Å². The molecule has 0 aromatic carbocycles. The number of nitrogens with one attached hydrogen (secondary N) is 1. The predicted octanol–water partition coefficient (Wildman–Crippen LogP) is -0.173. The summed E-state index contributed by atoms with van der Waals surface area (Å²) in [7, 11) is 0. The average molecular weight is 154 g/mol. The second-order valence-electron chi connectivity index (χ2n) is 3.63. The van der Waals surface area contributed by atoms with Gasteiger partial charge in [-0.15, -0.1) is 0 Å². The van der Waals surface area contributed by atoms with Crippen LogP contribution in [0.15, 0.2) is 0 Å². The Balaban J connectivity index is 2.02. The first-order valence-electron chi connectivity index (χ1n) is 4.24. The summed E-state index contributed by atoms with van der Waals surface area (Å²) in [5, 5.41) is 3.41. The molecule has 0 unspecified atom stereocenters. The first kappa shape index (κ1) is 7.10. The summed E-state index contributed by atoms with van der Waals surface area (Å²) in [6, 6.07) is 0.581. The maximum Gasteiger partial charge on any atom is 0.219 e. The fraction of sp³-hybridized carbons (Fsp3) is 0.875. The number of nitrogens with zero attached hydrogens (tertiary/aromatic N) is 1. The molecule has 2 heterocycles. The maximum absolute atomic E-state index is 11.0. The lowest BCUT2D eigenvalue weighted by molar-refractivity contribution is -0.130. The average Bonchev–Trinajstić information content (AvgIpc) is 2.30. The van der Waals surface area contributed by atoms with E-state index >= 15 is 0 Å². The van der Waals surface area contributed by atoms with Crippen molar-refractivity contribution >= 4 is 5.91 Å². The lowest BCUT2D eigenvalue weighted by atomic mass is 10.0. The first-order chi connectivity index (χ1) is 5.25. The van der Waals surface area contributed by atoms with Gasteiger partial charge in [-0.1, -0.05) is 0 Å². The molecule has 0 spiro atoms. The molecule has 0 radical (unpaired) electrons. The molecule has 0 aromatic heterocycles. The van der Waals surface area contributed by atoms with Crippen molar-refractivity contribution in [3.63, 3.8) is 0 Å². The lowest BCUT2D eigenvalue weighted by Gasteiger charge is -2.30. The third kappa shape index (κ3) is 1.25. The van der Waals surface area contributed by atoms with E-state index in [0.717, 1.165) is 25.6 Å². The zero-order valence-electron chi connectivity index (χ0n) is 6.84. The zero-order valence-corrected chi connectivity index (χ0v) is 6.84. The van der Waals surface area contributed by atoms with Crippen molar-refractivity contribution in [3.8, 4) is 0 Å². The molecule has 2 aliphatic heterocycles. The fourth-order valence-electron chi connectivity index (χ4n) is 2.09. The Hall–Kier alpha value is -0.570. The molecule has 11 heavy (non-hydrogen) atoms. The largest absolute Gasteiger partial charge is 0.341 e. The van der Waals surface area contributed by atoms with Gasteiger partial charge >= 0.3 is 0 Å². The second kappa shape index (κ2) is 2.48. The van der Waals surface area contributed by atoms with E-state index < -0.39 is 0 Å². The minimum absolute atomic E-state index is 0.225. The lowest BCUT2D eigenvalue weighted by Crippen LogP contribution is -2.43. The number of piperidine rings is 1. The molecule has 62 valence electrons. The smallest absolute Gasteiger partial charge is 0.219 e. The molecular formula is C8H14N2O. The highest BCUT2D eigenvalue weighted by Crippen LogP contribution is 2.21. The molecule has 3 heteroatoms. The van der Waals surface area contributed by atoms with Crippen LogP contribution in [0.25, 0.3) is 0 Å². The van der Waals surface area contributed by atoms with Gasteiger partial charge in [0.15, 0.2) is 0 Å². The van der Waals surface area contributed by atoms with Crippen LogP contribution in [-0.2, 0) is 4.79 Å². The van der Waals surface area contributed by atoms with Crippen LogP contribution in [-0.4, -0.2) is 36.5 Å². The fourth-order valence-corrected chi connectivity index (χ4v) is 2.09. The third-order valence-corrected chi connectivity index (χ3v) is 2.68. The Morgan fingerprint density at radius 2 is 2.36 bits per heavy atom. The van der Waals surface area contributed by atoms with Crippen molar-refractivity contribution in [1.82, 2.24) is 10.2 Å². The second-order valence-corrected chi connectivity index (χ2v) is 3.63. The van der Waals surface area contributed by atoms with Crippen molar-refractivity contribution < 1.29 is 4.79 Å². The van der Waals surface area contributed by atoms with Crippen molar-refractivity contribution in [1.29, 1.82) is 0 Å². The highest BCUT2D eigenvalue weighted by Gasteiger charge is 2.33. The number of likely N-dealkylation sites (tertiary alicyclic amines) is 1. The van der Waals surface area contributed by atoms with Gasteiger partial charge in [-0.25, -0.2) is 0 Å². The van der Waals surface area contributed by atoms with Gasteiger partial charge in [0.1, 0.15) is 0 Å². The summed E-state index contributed by atoms with van der Waals surface area (Å²) in [5.41, 5.74) is 0. The normalized spacial score (nSPS) is 35.9. The van der Waals surface area contributed by atoms with Gasteiger partial charge in [0.05, 0.1) is 0 Å². The Labute approximate surface area is 66.8 Å². The van der Waals surface area contributed by atoms with Crippen LogP contribution in [0, 0.1) is 5.92 Å². The molecule has 2 rings (SSSR count). The van der Waals surface area contributed by atoms with E-state index in [2.05, 4.69) is 5.32 Å². The van der Waals surface area contributed by atoms with Gasteiger partial charge in [0.25, 0.3) is 0 Å². The van der Waals surface area contributed by atoms with Crippen LogP contribution in [0.1, 0.15) is 13.3 Å². The van der Waals surface area contributed by atoms with Gasteiger partial charge in [0.2, 0.25) is 5.91 Å². The molecule has 3 nitrogen and oxygen atoms in total. The monoisotopic (exact) mass is 154 g/mol. The summed E-state index contributed by atoms with van der Waals surface area (Å²) < 4.78 is 0. The van der Waals surface area contributed by atoms with Crippen LogP contribution >= 0.6 is 0 Å². The predicted molar refractivity (Wildman–Crippen MR) is 42.2 cm³/mol. The molecule has 1 N–H and O–H groups in total. The summed E-state index contributed by atoms with van der Waals surface area (Å²) in [6.07, 6.45) is 1.27. The van der Waals surface area contributed by atoms with Crippen molar-refractivity contribution in [3.05, 3.63) is 0 Å². The van der Waals surface area contributed by atoms with E-state index in [-0.39, 0.29) is 5.91 Å². The minimum atomic E-state index is 0.225. The van der Waals surface area contributed by atoms with Crippen molar-refractivity contribution in [2.24, 2.45) is 5.92 Å². The van der Waals surface area contributed by atoms with Crippen LogP contribution in [0.4, 0.5) is 0 Å². The van der Waals surface area contributed by atoms with E-state index in [1.807, 2.05) is 4.90 Å². The molecule has 0 saturated carbocycles. The highest BCUT2D eigenvalue weighted by molar-refractivity contribution is 5.73. The summed E-state index contributed by atoms with van der Waals surface area (Å²) in [6.45, 7) is 4.66. The molecular weight excluding hydrogens is 140 g/mol. The van der Waals surface area contributed by atoms with Crippen LogP contribution in [0.2, 0.25) is 0 Å². The van der Waals surface area contributed by atoms with Gasteiger partial charge in [0, 0.05) is 32.6 Å². The number of fused-ring (bicyclic) bond motifs is 2. The topological polar surface area (TPSA) is 32.3 Å².